The van der Waals surface area contributed by atoms with E-state index in [4.69, 9.17) is 20.9 Å². The number of ether oxygens (including phenoxy) is 2. The largest absolute Gasteiger partial charge is 0.466 e. The number of benzene rings is 1. The Bertz CT molecular complexity index is 1330. The fraction of sp³-hybridized carbons (Fsp3) is 0.448. The molecule has 0 radical (unpaired) electrons. The number of epoxide rings is 1. The summed E-state index contributed by atoms with van der Waals surface area (Å²) in [5.74, 6) is -0.690. The number of Topliss-reactive ketones (excluding diaryl/α,β-unsaturated/α-hetero) is 2. The third-order valence-corrected chi connectivity index (χ3v) is 7.46. The minimum absolute atomic E-state index is 0.0367. The molecule has 0 unspecified atom stereocenters. The second kappa shape index (κ2) is 10.7. The summed E-state index contributed by atoms with van der Waals surface area (Å²) in [5, 5.41) is 6.24. The molecule has 39 heavy (non-hydrogen) atoms. The Kier molecular flexibility index (Phi) is 7.70. The van der Waals surface area contributed by atoms with E-state index in [1.54, 1.807) is 19.2 Å². The molecule has 0 aromatic heterocycles. The quantitative estimate of drug-likeness (QED) is 0.0924. The van der Waals surface area contributed by atoms with Crippen molar-refractivity contribution in [2.45, 2.75) is 57.3 Å². The number of esters is 1. The lowest BCUT2D eigenvalue weighted by atomic mass is 9.70. The number of carbonyl (C=O) groups excluding carboxylic acids is 3. The average molecular weight is 536 g/mol. The second-order valence-electron chi connectivity index (χ2n) is 10.6. The van der Waals surface area contributed by atoms with E-state index in [1.165, 1.54) is 7.11 Å². The van der Waals surface area contributed by atoms with Crippen LogP contribution in [0.2, 0.25) is 0 Å². The van der Waals surface area contributed by atoms with Crippen LogP contribution in [0.25, 0.3) is 0 Å². The fourth-order valence-corrected chi connectivity index (χ4v) is 5.49. The summed E-state index contributed by atoms with van der Waals surface area (Å²) in [6, 6.07) is 4.99. The van der Waals surface area contributed by atoms with Gasteiger partial charge in [-0.2, -0.15) is 0 Å². The first-order valence-electron chi connectivity index (χ1n) is 13.1. The highest BCUT2D eigenvalue weighted by molar-refractivity contribution is 6.33. The van der Waals surface area contributed by atoms with Crippen molar-refractivity contribution in [1.29, 1.82) is 0 Å². The molecule has 0 bridgehead atoms. The van der Waals surface area contributed by atoms with Gasteiger partial charge >= 0.3 is 5.97 Å². The van der Waals surface area contributed by atoms with Crippen LogP contribution in [-0.4, -0.2) is 61.4 Å². The van der Waals surface area contributed by atoms with Crippen LogP contribution in [0.4, 0.5) is 0 Å². The van der Waals surface area contributed by atoms with Gasteiger partial charge in [-0.3, -0.25) is 14.6 Å². The van der Waals surface area contributed by atoms with Crippen LogP contribution in [-0.2, 0) is 20.7 Å². The lowest BCUT2D eigenvalue weighted by molar-refractivity contribution is -0.145. The molecule has 0 spiro atoms. The van der Waals surface area contributed by atoms with E-state index in [0.29, 0.717) is 25.2 Å². The van der Waals surface area contributed by atoms with E-state index in [9.17, 15) is 14.4 Å². The Morgan fingerprint density at radius 2 is 2.05 bits per heavy atom. The van der Waals surface area contributed by atoms with E-state index in [-0.39, 0.29) is 41.3 Å². The molecule has 3 atom stereocenters. The monoisotopic (exact) mass is 535 g/mol. The molecule has 0 saturated carbocycles. The van der Waals surface area contributed by atoms with E-state index in [1.807, 2.05) is 45.1 Å². The summed E-state index contributed by atoms with van der Waals surface area (Å²) >= 11 is 0. The summed E-state index contributed by atoms with van der Waals surface area (Å²) in [7, 11) is 2.79. The van der Waals surface area contributed by atoms with Crippen molar-refractivity contribution >= 4 is 23.5 Å². The number of nitrogens with two attached hydrogens (primary N) is 2. The number of methoxy groups -OCH3 is 1. The molecule has 6 N–H and O–H groups in total. The Morgan fingerprint density at radius 1 is 1.31 bits per heavy atom. The zero-order valence-corrected chi connectivity index (χ0v) is 23.1. The number of guanidine groups is 1. The highest BCUT2D eigenvalue weighted by Gasteiger charge is 2.85. The van der Waals surface area contributed by atoms with Gasteiger partial charge in [0.2, 0.25) is 5.78 Å². The average Bonchev–Trinajstić information content (AvgIpc) is 3.61. The molecule has 208 valence electrons. The van der Waals surface area contributed by atoms with Crippen molar-refractivity contribution < 1.29 is 23.9 Å². The lowest BCUT2D eigenvalue weighted by Crippen LogP contribution is -2.50. The number of nitrogens with one attached hydrogen (secondary N) is 2. The first-order chi connectivity index (χ1) is 18.5. The Morgan fingerprint density at radius 3 is 2.69 bits per heavy atom. The molecule has 3 aliphatic rings. The summed E-state index contributed by atoms with van der Waals surface area (Å²) in [4.78, 5) is 44.8. The van der Waals surface area contributed by atoms with Gasteiger partial charge in [-0.1, -0.05) is 49.8 Å². The Balaban J connectivity index is 1.67. The smallest absolute Gasteiger partial charge is 0.350 e. The van der Waals surface area contributed by atoms with Crippen molar-refractivity contribution in [3.63, 3.8) is 0 Å². The zero-order valence-electron chi connectivity index (χ0n) is 23.1. The number of hydrogen-bond acceptors (Lipinski definition) is 8. The number of aliphatic imine (C=N–C) groups is 1. The topological polar surface area (TPSA) is 161 Å². The maximum absolute atomic E-state index is 13.9. The van der Waals surface area contributed by atoms with Crippen LogP contribution in [0.3, 0.4) is 0 Å². The van der Waals surface area contributed by atoms with Crippen molar-refractivity contribution in [2.75, 3.05) is 20.7 Å². The van der Waals surface area contributed by atoms with Crippen LogP contribution in [0, 0.1) is 5.92 Å². The van der Waals surface area contributed by atoms with Crippen molar-refractivity contribution in [3.05, 3.63) is 70.1 Å². The molecular weight excluding hydrogens is 498 g/mol. The molecule has 10 nitrogen and oxygen atoms in total. The van der Waals surface area contributed by atoms with Crippen LogP contribution in [0.1, 0.15) is 59.9 Å². The molecule has 0 amide bonds. The van der Waals surface area contributed by atoms with Crippen LogP contribution < -0.4 is 22.1 Å². The molecule has 2 heterocycles. The van der Waals surface area contributed by atoms with E-state index < -0.39 is 23.0 Å². The molecule has 1 fully saturated rings. The molecule has 1 aromatic rings. The molecule has 1 aliphatic carbocycles. The zero-order chi connectivity index (χ0) is 28.5. The Labute approximate surface area is 228 Å². The number of carbonyl (C=O) groups is 3. The highest BCUT2D eigenvalue weighted by atomic mass is 16.7. The normalized spacial score (nSPS) is 25.2. The number of dihydropyridines is 1. The first-order valence-corrected chi connectivity index (χ1v) is 13.1. The first kappa shape index (κ1) is 28.1. The van der Waals surface area contributed by atoms with Crippen molar-refractivity contribution in [3.8, 4) is 0 Å². The second-order valence-corrected chi connectivity index (χ2v) is 10.6. The summed E-state index contributed by atoms with van der Waals surface area (Å²) < 4.78 is 10.9. The molecular formula is C29H37N5O5. The molecule has 1 aromatic carbocycles. The molecule has 4 rings (SSSR count). The maximum Gasteiger partial charge on any atom is 0.350 e. The minimum Gasteiger partial charge on any atom is -0.466 e. The standard InChI is InChI=1S/C29H37N5O5/c1-16(2)13-19-7-6-8-20-23(19)25(36)29(26(37)38-5)28(39-29,24(20)35)11-9-17(3)14-21(34-27(31)32-4)18-10-12-33-22(30)15-18/h6-10,15-16,21,33H,11-14,30H2,1-5H3,(H3,31,32,34)/b17-9+/t21-,28-,29-/m0/s1. The van der Waals surface area contributed by atoms with Gasteiger partial charge < -0.3 is 31.6 Å². The van der Waals surface area contributed by atoms with Gasteiger partial charge in [0, 0.05) is 31.1 Å². The van der Waals surface area contributed by atoms with Crippen molar-refractivity contribution in [1.82, 2.24) is 10.6 Å². The highest BCUT2D eigenvalue weighted by Crippen LogP contribution is 2.59. The summed E-state index contributed by atoms with van der Waals surface area (Å²) in [5.41, 5.74) is 11.4. The summed E-state index contributed by atoms with van der Waals surface area (Å²) in [6.45, 7) is 6.55. The van der Waals surface area contributed by atoms with Crippen LogP contribution >= 0.6 is 0 Å². The predicted molar refractivity (Wildman–Crippen MR) is 148 cm³/mol. The van der Waals surface area contributed by atoms with Gasteiger partial charge in [-0.15, -0.1) is 0 Å². The lowest BCUT2D eigenvalue weighted by Gasteiger charge is -2.26. The van der Waals surface area contributed by atoms with Gasteiger partial charge in [0.25, 0.3) is 5.60 Å². The number of hydrogen-bond donors (Lipinski definition) is 4. The Hall–Kier alpha value is -3.92. The van der Waals surface area contributed by atoms with Crippen molar-refractivity contribution in [2.24, 2.45) is 22.4 Å². The molecule has 2 aliphatic heterocycles. The number of fused-ring (bicyclic) bond motifs is 2. The van der Waals surface area contributed by atoms with Gasteiger partial charge in [0.05, 0.1) is 19.0 Å². The number of nitrogens with zero attached hydrogens (tertiary/aromatic N) is 1. The van der Waals surface area contributed by atoms with Crippen LogP contribution in [0.5, 0.6) is 0 Å². The van der Waals surface area contributed by atoms with Gasteiger partial charge in [0.1, 0.15) is 0 Å². The van der Waals surface area contributed by atoms with E-state index in [2.05, 4.69) is 15.6 Å². The maximum atomic E-state index is 13.9. The van der Waals surface area contributed by atoms with Gasteiger partial charge in [-0.25, -0.2) is 4.79 Å². The third kappa shape index (κ3) is 4.85. The van der Waals surface area contributed by atoms with E-state index in [0.717, 1.165) is 16.7 Å². The molecule has 1 saturated heterocycles. The van der Waals surface area contributed by atoms with Gasteiger partial charge in [-0.05, 0) is 42.9 Å². The fourth-order valence-electron chi connectivity index (χ4n) is 5.49. The number of ketones is 2. The van der Waals surface area contributed by atoms with Crippen LogP contribution in [0.15, 0.2) is 58.4 Å². The van der Waals surface area contributed by atoms with Gasteiger partial charge in [0.15, 0.2) is 17.3 Å². The molecule has 10 heteroatoms. The minimum atomic E-state index is -1.98. The predicted octanol–water partition coefficient (Wildman–Crippen LogP) is 1.90. The summed E-state index contributed by atoms with van der Waals surface area (Å²) in [6.07, 6.45) is 6.80. The van der Waals surface area contributed by atoms with E-state index >= 15 is 0 Å². The third-order valence-electron chi connectivity index (χ3n) is 7.46. The number of rotatable bonds is 9. The SMILES string of the molecule is CN=C(N)N[C@@H](C/C(C)=C/C[C@@]12O[C@]1(C(=O)OC)C(=O)c1c(CC(C)C)cccc1C2=O)C1=CCNC(N)=C1.